The Morgan fingerprint density at radius 2 is 2.25 bits per heavy atom. The highest BCUT2D eigenvalue weighted by Crippen LogP contribution is 2.29. The first kappa shape index (κ1) is 11.0. The number of Topliss-reactive ketones (excluding diaryl/α,β-unsaturated/α-hetero) is 1. The van der Waals surface area contributed by atoms with E-state index in [0.717, 1.165) is 0 Å². The predicted molar refractivity (Wildman–Crippen MR) is 58.4 cm³/mol. The van der Waals surface area contributed by atoms with Gasteiger partial charge in [0.2, 0.25) is 0 Å². The molecule has 0 aliphatic carbocycles. The molecule has 0 saturated heterocycles. The molecule has 3 nitrogen and oxygen atoms in total. The number of aliphatic imine (C=N–C) groups is 1. The zero-order valence-corrected chi connectivity index (χ0v) is 8.96. The van der Waals surface area contributed by atoms with Gasteiger partial charge in [-0.15, -0.1) is 0 Å². The van der Waals surface area contributed by atoms with Crippen molar-refractivity contribution < 1.29 is 14.3 Å². The molecule has 1 heterocycles. The molecule has 0 spiro atoms. The van der Waals surface area contributed by atoms with Crippen LogP contribution >= 0.6 is 0 Å². The number of rotatable bonds is 2. The second-order valence-corrected chi connectivity index (χ2v) is 3.71. The molecule has 84 valence electrons. The summed E-state index contributed by atoms with van der Waals surface area (Å²) in [6, 6.07) is 3.15. The Labute approximate surface area is 92.6 Å². The minimum Gasteiger partial charge on any atom is -0.392 e. The van der Waals surface area contributed by atoms with Gasteiger partial charge in [0.25, 0.3) is 0 Å². The van der Waals surface area contributed by atoms with Gasteiger partial charge >= 0.3 is 0 Å². The number of fused-ring (bicyclic) bond motifs is 1. The molecule has 16 heavy (non-hydrogen) atoms. The van der Waals surface area contributed by atoms with Crippen molar-refractivity contribution in [2.24, 2.45) is 4.99 Å². The van der Waals surface area contributed by atoms with Crippen molar-refractivity contribution in [1.29, 1.82) is 0 Å². The number of benzene rings is 1. The smallest absolute Gasteiger partial charge is 0.181 e. The maximum absolute atomic E-state index is 13.8. The van der Waals surface area contributed by atoms with E-state index >= 15 is 0 Å². The SMILES string of the molecule is CCC1=Nc2ccc(CO)c(F)c2CC1=O. The fourth-order valence-corrected chi connectivity index (χ4v) is 1.80. The fraction of sp³-hybridized carbons (Fsp3) is 0.333. The first-order valence-corrected chi connectivity index (χ1v) is 5.19. The molecule has 1 N–H and O–H groups in total. The van der Waals surface area contributed by atoms with Gasteiger partial charge in [-0.25, -0.2) is 9.38 Å². The Kier molecular flexibility index (Phi) is 2.83. The van der Waals surface area contributed by atoms with Crippen LogP contribution < -0.4 is 0 Å². The molecule has 0 bridgehead atoms. The molecule has 0 amide bonds. The monoisotopic (exact) mass is 221 g/mol. The van der Waals surface area contributed by atoms with Gasteiger partial charge in [0.1, 0.15) is 5.82 Å². The lowest BCUT2D eigenvalue weighted by Gasteiger charge is -2.15. The summed E-state index contributed by atoms with van der Waals surface area (Å²) in [7, 11) is 0. The highest BCUT2D eigenvalue weighted by Gasteiger charge is 2.23. The molecule has 0 unspecified atom stereocenters. The lowest BCUT2D eigenvalue weighted by molar-refractivity contribution is -0.112. The van der Waals surface area contributed by atoms with Crippen LogP contribution in [0, 0.1) is 5.82 Å². The van der Waals surface area contributed by atoms with Gasteiger partial charge in [-0.2, -0.15) is 0 Å². The average Bonchev–Trinajstić information content (AvgIpc) is 2.30. The van der Waals surface area contributed by atoms with Crippen LogP contribution in [0.3, 0.4) is 0 Å². The third-order valence-electron chi connectivity index (χ3n) is 2.72. The third kappa shape index (κ3) is 1.65. The summed E-state index contributed by atoms with van der Waals surface area (Å²) in [5, 5.41) is 8.92. The van der Waals surface area contributed by atoms with Crippen molar-refractivity contribution in [2.45, 2.75) is 26.4 Å². The topological polar surface area (TPSA) is 49.7 Å². The Bertz CT molecular complexity index is 480. The molecule has 4 heteroatoms. The number of aliphatic hydroxyl groups excluding tert-OH is 1. The lowest BCUT2D eigenvalue weighted by Crippen LogP contribution is -2.20. The van der Waals surface area contributed by atoms with Crippen LogP contribution in [0.4, 0.5) is 10.1 Å². The molecular formula is C12H12FNO2. The summed E-state index contributed by atoms with van der Waals surface area (Å²) in [6.07, 6.45) is 0.601. The number of hydrogen-bond donors (Lipinski definition) is 1. The number of carbonyl (C=O) groups is 1. The summed E-state index contributed by atoms with van der Waals surface area (Å²) in [6.45, 7) is 1.48. The number of halogens is 1. The molecule has 0 radical (unpaired) electrons. The van der Waals surface area contributed by atoms with E-state index in [4.69, 9.17) is 5.11 Å². The van der Waals surface area contributed by atoms with Crippen LogP contribution in [0.15, 0.2) is 17.1 Å². The maximum Gasteiger partial charge on any atom is 0.181 e. The van der Waals surface area contributed by atoms with Crippen LogP contribution in [0.2, 0.25) is 0 Å². The molecule has 0 aromatic heterocycles. The van der Waals surface area contributed by atoms with Crippen LogP contribution in [0.1, 0.15) is 24.5 Å². The minimum atomic E-state index is -0.507. The van der Waals surface area contributed by atoms with Crippen molar-refractivity contribution in [3.05, 3.63) is 29.1 Å². The first-order valence-electron chi connectivity index (χ1n) is 5.19. The Morgan fingerprint density at radius 3 is 2.88 bits per heavy atom. The van der Waals surface area contributed by atoms with Gasteiger partial charge in [-0.3, -0.25) is 4.79 Å². The second-order valence-electron chi connectivity index (χ2n) is 3.71. The highest BCUT2D eigenvalue weighted by molar-refractivity contribution is 6.41. The summed E-state index contributed by atoms with van der Waals surface area (Å²) in [4.78, 5) is 15.7. The zero-order chi connectivity index (χ0) is 11.7. The van der Waals surface area contributed by atoms with Gasteiger partial charge in [0, 0.05) is 17.5 Å². The molecule has 0 fully saturated rings. The molecule has 1 aromatic rings. The molecule has 1 aliphatic rings. The number of carbonyl (C=O) groups excluding carboxylic acids is 1. The van der Waals surface area contributed by atoms with E-state index in [2.05, 4.69) is 4.99 Å². The summed E-state index contributed by atoms with van der Waals surface area (Å²) in [5.41, 5.74) is 1.50. The van der Waals surface area contributed by atoms with Crippen molar-refractivity contribution in [3.63, 3.8) is 0 Å². The third-order valence-corrected chi connectivity index (χ3v) is 2.72. The van der Waals surface area contributed by atoms with E-state index < -0.39 is 5.82 Å². The normalized spacial score (nSPS) is 14.7. The van der Waals surface area contributed by atoms with Crippen molar-refractivity contribution >= 4 is 17.2 Å². The van der Waals surface area contributed by atoms with E-state index in [1.165, 1.54) is 6.07 Å². The first-order chi connectivity index (χ1) is 7.67. The molecule has 1 aliphatic heterocycles. The van der Waals surface area contributed by atoms with Crippen molar-refractivity contribution in [2.75, 3.05) is 0 Å². The van der Waals surface area contributed by atoms with E-state index in [1.807, 2.05) is 6.92 Å². The maximum atomic E-state index is 13.8. The summed E-state index contributed by atoms with van der Waals surface area (Å²) in [5.74, 6) is -0.642. The van der Waals surface area contributed by atoms with Crippen LogP contribution in [-0.4, -0.2) is 16.6 Å². The van der Waals surface area contributed by atoms with E-state index in [-0.39, 0.29) is 24.4 Å². The number of aliphatic hydroxyl groups is 1. The van der Waals surface area contributed by atoms with E-state index in [0.29, 0.717) is 23.4 Å². The zero-order valence-electron chi connectivity index (χ0n) is 8.96. The Morgan fingerprint density at radius 1 is 1.50 bits per heavy atom. The Hall–Kier alpha value is -1.55. The molecule has 1 aromatic carbocycles. The molecule has 0 saturated carbocycles. The molecule has 0 atom stereocenters. The number of hydrogen-bond acceptors (Lipinski definition) is 3. The number of nitrogens with zero attached hydrogens (tertiary/aromatic N) is 1. The van der Waals surface area contributed by atoms with Gasteiger partial charge < -0.3 is 5.11 Å². The van der Waals surface area contributed by atoms with Crippen molar-refractivity contribution in [1.82, 2.24) is 0 Å². The second kappa shape index (κ2) is 4.14. The van der Waals surface area contributed by atoms with Crippen molar-refractivity contribution in [3.8, 4) is 0 Å². The standard InChI is InChI=1S/C12H12FNO2/c1-2-9-11(16)5-8-10(14-9)4-3-7(6-15)12(8)13/h3-4,15H,2,5-6H2,1H3. The van der Waals surface area contributed by atoms with Crippen LogP contribution in [0.25, 0.3) is 0 Å². The molecular weight excluding hydrogens is 209 g/mol. The van der Waals surface area contributed by atoms with Gasteiger partial charge in [0.15, 0.2) is 5.78 Å². The van der Waals surface area contributed by atoms with Gasteiger partial charge in [-0.05, 0) is 12.5 Å². The predicted octanol–water partition coefficient (Wildman–Crippen LogP) is 1.93. The van der Waals surface area contributed by atoms with E-state index in [9.17, 15) is 9.18 Å². The minimum absolute atomic E-state index is 0.0433. The Balaban J connectivity index is 2.56. The number of ketones is 1. The van der Waals surface area contributed by atoms with E-state index in [1.54, 1.807) is 6.07 Å². The largest absolute Gasteiger partial charge is 0.392 e. The summed E-state index contributed by atoms with van der Waals surface area (Å²) >= 11 is 0. The molecule has 2 rings (SSSR count). The quantitative estimate of drug-likeness (QED) is 0.829. The van der Waals surface area contributed by atoms with Gasteiger partial charge in [0.05, 0.1) is 18.0 Å². The van der Waals surface area contributed by atoms with Gasteiger partial charge in [-0.1, -0.05) is 13.0 Å². The average molecular weight is 221 g/mol. The lowest BCUT2D eigenvalue weighted by atomic mass is 9.96. The van der Waals surface area contributed by atoms with Crippen LogP contribution in [-0.2, 0) is 17.8 Å². The summed E-state index contributed by atoms with van der Waals surface area (Å²) < 4.78 is 13.8. The van der Waals surface area contributed by atoms with Crippen LogP contribution in [0.5, 0.6) is 0 Å². The highest BCUT2D eigenvalue weighted by atomic mass is 19.1. The fourth-order valence-electron chi connectivity index (χ4n) is 1.80.